The minimum Gasteiger partial charge on any atom is -0.494 e. The first-order valence-electron chi connectivity index (χ1n) is 10.7. The highest BCUT2D eigenvalue weighted by atomic mass is 35.5. The van der Waals surface area contributed by atoms with E-state index in [0.717, 1.165) is 40.8 Å². The Morgan fingerprint density at radius 3 is 2.58 bits per heavy atom. The first-order chi connectivity index (χ1) is 15.0. The number of hydrogen-bond donors (Lipinski definition) is 0. The molecule has 1 heterocycles. The number of aryl methyl sites for hydroxylation is 1. The van der Waals surface area contributed by atoms with Gasteiger partial charge in [-0.1, -0.05) is 42.7 Å². The van der Waals surface area contributed by atoms with Crippen molar-refractivity contribution in [2.75, 3.05) is 19.8 Å². The lowest BCUT2D eigenvalue weighted by Gasteiger charge is -2.08. The molecule has 0 unspecified atom stereocenters. The second-order valence-electron chi connectivity index (χ2n) is 7.25. The molecule has 5 nitrogen and oxygen atoms in total. The van der Waals surface area contributed by atoms with Gasteiger partial charge in [-0.3, -0.25) is 4.79 Å². The molecule has 7 heteroatoms. The number of carbonyl (C=O) groups is 1. The molecular weight excluding hydrogens is 432 g/mol. The number of ether oxygens (including phenoxy) is 2. The van der Waals surface area contributed by atoms with Gasteiger partial charge in [-0.2, -0.15) is 4.99 Å². The number of thiazole rings is 1. The summed E-state index contributed by atoms with van der Waals surface area (Å²) in [5, 5.41) is 0.697. The summed E-state index contributed by atoms with van der Waals surface area (Å²) in [6.45, 7) is 8.59. The number of hydrogen-bond acceptors (Lipinski definition) is 4. The molecule has 0 saturated carbocycles. The molecule has 1 aromatic heterocycles. The lowest BCUT2D eigenvalue weighted by molar-refractivity contribution is 0.0996. The number of benzene rings is 2. The Labute approximate surface area is 192 Å². The van der Waals surface area contributed by atoms with E-state index in [-0.39, 0.29) is 5.91 Å². The number of carbonyl (C=O) groups excluding carboxylic acids is 1. The number of unbranched alkanes of at least 4 members (excludes halogenated alkanes) is 2. The van der Waals surface area contributed by atoms with E-state index in [0.29, 0.717) is 41.8 Å². The van der Waals surface area contributed by atoms with Crippen LogP contribution in [0, 0.1) is 6.92 Å². The summed E-state index contributed by atoms with van der Waals surface area (Å²) in [7, 11) is 0. The number of nitrogens with zero attached hydrogens (tertiary/aromatic N) is 2. The molecule has 0 N–H and O–H groups in total. The van der Waals surface area contributed by atoms with Crippen molar-refractivity contribution < 1.29 is 14.3 Å². The van der Waals surface area contributed by atoms with E-state index in [4.69, 9.17) is 21.1 Å². The maximum Gasteiger partial charge on any atom is 0.279 e. The molecule has 0 aliphatic carbocycles. The van der Waals surface area contributed by atoms with Gasteiger partial charge in [0.15, 0.2) is 4.80 Å². The molecule has 0 bridgehead atoms. The first-order valence-corrected chi connectivity index (χ1v) is 11.9. The van der Waals surface area contributed by atoms with E-state index in [1.807, 2.05) is 42.7 Å². The molecule has 0 atom stereocenters. The third-order valence-corrected chi connectivity index (χ3v) is 6.46. The quantitative estimate of drug-likeness (QED) is 0.348. The van der Waals surface area contributed by atoms with Crippen molar-refractivity contribution in [3.63, 3.8) is 0 Å². The third-order valence-electron chi connectivity index (χ3n) is 5.01. The molecule has 1 amide bonds. The highest BCUT2D eigenvalue weighted by molar-refractivity contribution is 7.16. The largest absolute Gasteiger partial charge is 0.494 e. The topological polar surface area (TPSA) is 52.8 Å². The van der Waals surface area contributed by atoms with Gasteiger partial charge in [0, 0.05) is 23.7 Å². The fraction of sp³-hybridized carbons (Fsp3) is 0.417. The van der Waals surface area contributed by atoms with Crippen LogP contribution in [0.4, 0.5) is 0 Å². The smallest absolute Gasteiger partial charge is 0.279 e. The van der Waals surface area contributed by atoms with Crippen LogP contribution in [0.1, 0.15) is 49.0 Å². The molecule has 31 heavy (non-hydrogen) atoms. The van der Waals surface area contributed by atoms with Crippen LogP contribution in [-0.2, 0) is 11.3 Å². The van der Waals surface area contributed by atoms with Crippen molar-refractivity contribution in [3.05, 3.63) is 57.3 Å². The molecule has 0 saturated heterocycles. The summed E-state index contributed by atoms with van der Waals surface area (Å²) in [6, 6.07) is 11.0. The van der Waals surface area contributed by atoms with E-state index >= 15 is 0 Å². The van der Waals surface area contributed by atoms with Gasteiger partial charge >= 0.3 is 0 Å². The Bertz CT molecular complexity index is 1090. The zero-order valence-corrected chi connectivity index (χ0v) is 19.9. The van der Waals surface area contributed by atoms with Gasteiger partial charge < -0.3 is 14.0 Å². The van der Waals surface area contributed by atoms with Crippen molar-refractivity contribution in [2.24, 2.45) is 4.99 Å². The second-order valence-corrected chi connectivity index (χ2v) is 8.67. The molecular formula is C24H29ClN2O3S. The van der Waals surface area contributed by atoms with Crippen LogP contribution >= 0.6 is 22.9 Å². The highest BCUT2D eigenvalue weighted by Gasteiger charge is 2.13. The summed E-state index contributed by atoms with van der Waals surface area (Å²) >= 11 is 7.83. The van der Waals surface area contributed by atoms with E-state index in [9.17, 15) is 4.79 Å². The van der Waals surface area contributed by atoms with Crippen molar-refractivity contribution in [1.82, 2.24) is 4.57 Å². The van der Waals surface area contributed by atoms with Gasteiger partial charge in [-0.25, -0.2) is 0 Å². The summed E-state index contributed by atoms with van der Waals surface area (Å²) < 4.78 is 14.3. The summed E-state index contributed by atoms with van der Waals surface area (Å²) in [4.78, 5) is 17.9. The SMILES string of the molecule is CCCCCOc1ccc(C(=O)N=c2sc3ccc(Cl)c(C)c3n2CCOCC)cc1. The summed E-state index contributed by atoms with van der Waals surface area (Å²) in [5.74, 6) is 0.490. The first kappa shape index (κ1) is 23.5. The van der Waals surface area contributed by atoms with Crippen molar-refractivity contribution >= 4 is 39.1 Å². The predicted molar refractivity (Wildman–Crippen MR) is 127 cm³/mol. The van der Waals surface area contributed by atoms with Crippen molar-refractivity contribution in [2.45, 2.75) is 46.6 Å². The van der Waals surface area contributed by atoms with Gasteiger partial charge in [0.1, 0.15) is 5.75 Å². The Morgan fingerprint density at radius 1 is 1.10 bits per heavy atom. The number of aromatic nitrogens is 1. The van der Waals surface area contributed by atoms with E-state index in [1.54, 1.807) is 12.1 Å². The molecule has 0 aliphatic heterocycles. The minimum atomic E-state index is -0.280. The standard InChI is InChI=1S/C24H29ClN2O3S/c1-4-6-7-15-30-19-10-8-18(9-11-19)23(28)26-24-27(14-16-29-5-2)22-17(3)20(25)12-13-21(22)31-24/h8-13H,4-7,14-16H2,1-3H3. The lowest BCUT2D eigenvalue weighted by Crippen LogP contribution is -2.20. The number of amides is 1. The fourth-order valence-electron chi connectivity index (χ4n) is 3.30. The molecule has 2 aromatic carbocycles. The van der Waals surface area contributed by atoms with Crippen LogP contribution in [0.2, 0.25) is 5.02 Å². The van der Waals surface area contributed by atoms with Crippen molar-refractivity contribution in [3.8, 4) is 5.75 Å². The van der Waals surface area contributed by atoms with E-state index in [1.165, 1.54) is 11.3 Å². The second kappa shape index (κ2) is 11.5. The Morgan fingerprint density at radius 2 is 1.87 bits per heavy atom. The van der Waals surface area contributed by atoms with Gasteiger partial charge in [-0.05, 0) is 62.2 Å². The van der Waals surface area contributed by atoms with Gasteiger partial charge in [-0.15, -0.1) is 0 Å². The van der Waals surface area contributed by atoms with Crippen LogP contribution in [0.15, 0.2) is 41.4 Å². The van der Waals surface area contributed by atoms with Crippen LogP contribution in [0.3, 0.4) is 0 Å². The Balaban J connectivity index is 1.87. The third kappa shape index (κ3) is 5.97. The molecule has 3 rings (SSSR count). The van der Waals surface area contributed by atoms with Crippen LogP contribution in [0.25, 0.3) is 10.2 Å². The average molecular weight is 461 g/mol. The monoisotopic (exact) mass is 460 g/mol. The molecule has 166 valence electrons. The number of halogens is 1. The number of rotatable bonds is 10. The maximum atomic E-state index is 12.9. The van der Waals surface area contributed by atoms with Crippen molar-refractivity contribution in [1.29, 1.82) is 0 Å². The predicted octanol–water partition coefficient (Wildman–Crippen LogP) is 6.01. The maximum absolute atomic E-state index is 12.9. The Kier molecular flexibility index (Phi) is 8.69. The zero-order valence-electron chi connectivity index (χ0n) is 18.3. The van der Waals surface area contributed by atoms with Crippen LogP contribution in [0.5, 0.6) is 5.75 Å². The molecule has 3 aromatic rings. The van der Waals surface area contributed by atoms with Gasteiger partial charge in [0.05, 0.1) is 23.4 Å². The zero-order chi connectivity index (χ0) is 22.2. The molecule has 0 spiro atoms. The van der Waals surface area contributed by atoms with E-state index in [2.05, 4.69) is 11.9 Å². The fourth-order valence-corrected chi connectivity index (χ4v) is 4.56. The Hall–Kier alpha value is -2.15. The molecule has 0 aliphatic rings. The normalized spacial score (nSPS) is 11.9. The van der Waals surface area contributed by atoms with Gasteiger partial charge in [0.2, 0.25) is 0 Å². The molecule has 0 radical (unpaired) electrons. The van der Waals surface area contributed by atoms with E-state index < -0.39 is 0 Å². The summed E-state index contributed by atoms with van der Waals surface area (Å²) in [5.41, 5.74) is 2.51. The molecule has 0 fully saturated rings. The van der Waals surface area contributed by atoms with Crippen LogP contribution < -0.4 is 9.54 Å². The average Bonchev–Trinajstić information content (AvgIpc) is 3.12. The summed E-state index contributed by atoms with van der Waals surface area (Å²) in [6.07, 6.45) is 3.34. The minimum absolute atomic E-state index is 0.280. The van der Waals surface area contributed by atoms with Crippen LogP contribution in [-0.4, -0.2) is 30.3 Å². The lowest BCUT2D eigenvalue weighted by atomic mass is 10.2. The van der Waals surface area contributed by atoms with Gasteiger partial charge in [0.25, 0.3) is 5.91 Å². The highest BCUT2D eigenvalue weighted by Crippen LogP contribution is 2.27. The number of fused-ring (bicyclic) bond motifs is 1.